The molecule has 1 aromatic rings. The Morgan fingerprint density at radius 2 is 2.12 bits per heavy atom. The first kappa shape index (κ1) is 12.6. The summed E-state index contributed by atoms with van der Waals surface area (Å²) in [5, 5.41) is 8.27. The van der Waals surface area contributed by atoms with Crippen LogP contribution in [0.15, 0.2) is 0 Å². The average molecular weight is 235 g/mol. The number of nitrogens with zero attached hydrogens (tertiary/aromatic N) is 2. The van der Waals surface area contributed by atoms with Crippen molar-refractivity contribution in [1.29, 1.82) is 0 Å². The Bertz CT molecular complexity index is 377. The van der Waals surface area contributed by atoms with Crippen molar-refractivity contribution in [2.75, 3.05) is 6.54 Å². The van der Waals surface area contributed by atoms with Gasteiger partial charge in [0.2, 0.25) is 0 Å². The number of nitrogens with one attached hydrogen (secondary N) is 1. The van der Waals surface area contributed by atoms with E-state index in [1.807, 2.05) is 0 Å². The molecule has 3 nitrogen and oxygen atoms in total. The summed E-state index contributed by atoms with van der Waals surface area (Å²) >= 11 is 0. The highest BCUT2D eigenvalue weighted by atomic mass is 15.3. The lowest BCUT2D eigenvalue weighted by atomic mass is 9.99. The molecular weight excluding hydrogens is 210 g/mol. The van der Waals surface area contributed by atoms with E-state index >= 15 is 0 Å². The molecule has 0 spiro atoms. The van der Waals surface area contributed by atoms with E-state index in [9.17, 15) is 0 Å². The summed E-state index contributed by atoms with van der Waals surface area (Å²) in [5.74, 6) is 0.571. The van der Waals surface area contributed by atoms with Crippen molar-refractivity contribution < 1.29 is 0 Å². The third-order valence-electron chi connectivity index (χ3n) is 3.66. The Hall–Kier alpha value is -0.830. The van der Waals surface area contributed by atoms with E-state index in [0.29, 0.717) is 5.92 Å². The van der Waals surface area contributed by atoms with Crippen LogP contribution in [0.25, 0.3) is 0 Å². The number of aromatic nitrogens is 2. The molecule has 2 rings (SSSR count). The molecule has 1 unspecified atom stereocenters. The molecule has 1 heterocycles. The second-order valence-electron chi connectivity index (χ2n) is 5.39. The third-order valence-corrected chi connectivity index (χ3v) is 3.66. The highest BCUT2D eigenvalue weighted by Crippen LogP contribution is 2.25. The van der Waals surface area contributed by atoms with E-state index in [1.165, 1.54) is 29.8 Å². The van der Waals surface area contributed by atoms with Crippen molar-refractivity contribution in [1.82, 2.24) is 15.1 Å². The van der Waals surface area contributed by atoms with E-state index in [-0.39, 0.29) is 0 Å². The van der Waals surface area contributed by atoms with Crippen LogP contribution >= 0.6 is 0 Å². The number of hydrogen-bond donors (Lipinski definition) is 1. The van der Waals surface area contributed by atoms with Crippen LogP contribution in [-0.4, -0.2) is 22.4 Å². The van der Waals surface area contributed by atoms with Gasteiger partial charge in [0, 0.05) is 24.8 Å². The lowest BCUT2D eigenvalue weighted by Gasteiger charge is -2.13. The zero-order valence-corrected chi connectivity index (χ0v) is 11.6. The summed E-state index contributed by atoms with van der Waals surface area (Å²) < 4.78 is 2.16. The highest BCUT2D eigenvalue weighted by molar-refractivity contribution is 5.28. The number of rotatable bonds is 6. The smallest absolute Gasteiger partial charge is 0.0631 e. The maximum Gasteiger partial charge on any atom is 0.0631 e. The summed E-state index contributed by atoms with van der Waals surface area (Å²) in [5.41, 5.74) is 4.02. The molecular formula is C14H25N3. The van der Waals surface area contributed by atoms with E-state index in [2.05, 4.69) is 42.8 Å². The van der Waals surface area contributed by atoms with Gasteiger partial charge in [-0.15, -0.1) is 0 Å². The van der Waals surface area contributed by atoms with Gasteiger partial charge in [-0.05, 0) is 44.6 Å². The fourth-order valence-electron chi connectivity index (χ4n) is 2.59. The monoisotopic (exact) mass is 235 g/mol. The van der Waals surface area contributed by atoms with Gasteiger partial charge in [0.15, 0.2) is 0 Å². The van der Waals surface area contributed by atoms with Crippen LogP contribution in [0.3, 0.4) is 0 Å². The van der Waals surface area contributed by atoms with E-state index in [0.717, 1.165) is 25.6 Å². The minimum Gasteiger partial charge on any atom is -0.313 e. The molecule has 0 aliphatic heterocycles. The van der Waals surface area contributed by atoms with Crippen LogP contribution in [0.1, 0.15) is 56.0 Å². The Kier molecular flexibility index (Phi) is 3.87. The Balaban J connectivity index is 2.06. The molecule has 0 radical (unpaired) electrons. The van der Waals surface area contributed by atoms with Gasteiger partial charge in [-0.2, -0.15) is 5.10 Å². The average Bonchev–Trinajstić information content (AvgIpc) is 3.05. The quantitative estimate of drug-likeness (QED) is 0.821. The molecule has 0 amide bonds. The maximum absolute atomic E-state index is 4.65. The van der Waals surface area contributed by atoms with Gasteiger partial charge >= 0.3 is 0 Å². The highest BCUT2D eigenvalue weighted by Gasteiger charge is 2.23. The first-order chi connectivity index (χ1) is 8.13. The lowest BCUT2D eigenvalue weighted by Crippen LogP contribution is -2.22. The van der Waals surface area contributed by atoms with Crippen molar-refractivity contribution in [3.05, 3.63) is 17.0 Å². The molecule has 0 bridgehead atoms. The van der Waals surface area contributed by atoms with Gasteiger partial charge in [-0.3, -0.25) is 4.68 Å². The first-order valence-electron chi connectivity index (χ1n) is 6.90. The topological polar surface area (TPSA) is 29.9 Å². The van der Waals surface area contributed by atoms with Gasteiger partial charge < -0.3 is 5.32 Å². The van der Waals surface area contributed by atoms with Crippen molar-refractivity contribution >= 4 is 0 Å². The van der Waals surface area contributed by atoms with E-state index in [4.69, 9.17) is 0 Å². The first-order valence-corrected chi connectivity index (χ1v) is 6.90. The van der Waals surface area contributed by atoms with E-state index in [1.54, 1.807) is 0 Å². The maximum atomic E-state index is 4.65. The molecule has 0 saturated heterocycles. The lowest BCUT2D eigenvalue weighted by molar-refractivity contribution is 0.577. The predicted octanol–water partition coefficient (Wildman–Crippen LogP) is 2.77. The molecule has 1 aliphatic rings. The summed E-state index contributed by atoms with van der Waals surface area (Å²) in [6, 6.07) is 0.795. The zero-order valence-electron chi connectivity index (χ0n) is 11.6. The van der Waals surface area contributed by atoms with Gasteiger partial charge in [-0.25, -0.2) is 0 Å². The normalized spacial score (nSPS) is 17.4. The fourth-order valence-corrected chi connectivity index (χ4v) is 2.59. The van der Waals surface area contributed by atoms with E-state index < -0.39 is 0 Å². The molecule has 1 atom stereocenters. The summed E-state index contributed by atoms with van der Waals surface area (Å²) in [7, 11) is 0. The summed E-state index contributed by atoms with van der Waals surface area (Å²) in [4.78, 5) is 0. The van der Waals surface area contributed by atoms with Crippen LogP contribution in [0.4, 0.5) is 0 Å². The largest absolute Gasteiger partial charge is 0.313 e. The summed E-state index contributed by atoms with van der Waals surface area (Å²) in [6.07, 6.45) is 3.87. The number of aryl methyl sites for hydroxylation is 2. The Labute approximate surface area is 105 Å². The van der Waals surface area contributed by atoms with Gasteiger partial charge in [0.05, 0.1) is 5.69 Å². The van der Waals surface area contributed by atoms with Crippen molar-refractivity contribution in [2.24, 2.45) is 0 Å². The Morgan fingerprint density at radius 3 is 2.71 bits per heavy atom. The van der Waals surface area contributed by atoms with Crippen molar-refractivity contribution in [3.8, 4) is 0 Å². The molecule has 1 fully saturated rings. The van der Waals surface area contributed by atoms with Crippen LogP contribution in [0.5, 0.6) is 0 Å². The van der Waals surface area contributed by atoms with Crippen LogP contribution in [0.2, 0.25) is 0 Å². The van der Waals surface area contributed by atoms with Crippen LogP contribution in [-0.2, 0) is 6.54 Å². The Morgan fingerprint density at radius 1 is 1.41 bits per heavy atom. The molecule has 1 aromatic heterocycles. The molecule has 3 heteroatoms. The van der Waals surface area contributed by atoms with Crippen LogP contribution in [0, 0.1) is 13.8 Å². The molecule has 1 N–H and O–H groups in total. The van der Waals surface area contributed by atoms with Gasteiger partial charge in [-0.1, -0.05) is 13.8 Å². The molecule has 0 aromatic carbocycles. The second kappa shape index (κ2) is 5.21. The van der Waals surface area contributed by atoms with Crippen molar-refractivity contribution in [3.63, 3.8) is 0 Å². The fraction of sp³-hybridized carbons (Fsp3) is 0.786. The molecule has 1 saturated carbocycles. The van der Waals surface area contributed by atoms with Crippen LogP contribution < -0.4 is 5.32 Å². The zero-order chi connectivity index (χ0) is 12.4. The molecule has 96 valence electrons. The van der Waals surface area contributed by atoms with Gasteiger partial charge in [0.1, 0.15) is 0 Å². The van der Waals surface area contributed by atoms with Gasteiger partial charge in [0.25, 0.3) is 0 Å². The molecule has 1 aliphatic carbocycles. The number of hydrogen-bond acceptors (Lipinski definition) is 2. The SMILES string of the molecule is CCCn1nc(C)c(C(C)CNC2CC2)c1C. The second-order valence-corrected chi connectivity index (χ2v) is 5.39. The van der Waals surface area contributed by atoms with Crippen molar-refractivity contribution in [2.45, 2.75) is 65.5 Å². The third kappa shape index (κ3) is 2.89. The predicted molar refractivity (Wildman–Crippen MR) is 71.4 cm³/mol. The standard InChI is InChI=1S/C14H25N3/c1-5-8-17-12(4)14(11(3)16-17)10(2)9-15-13-6-7-13/h10,13,15H,5-9H2,1-4H3. The summed E-state index contributed by atoms with van der Waals surface area (Å²) in [6.45, 7) is 11.0. The molecule has 17 heavy (non-hydrogen) atoms. The minimum absolute atomic E-state index is 0.571. The minimum atomic E-state index is 0.571.